The zero-order valence-corrected chi connectivity index (χ0v) is 19.5. The molecule has 0 aromatic heterocycles. The number of nitriles is 1. The van der Waals surface area contributed by atoms with Crippen molar-refractivity contribution in [3.05, 3.63) is 94.3 Å². The molecule has 1 atom stereocenters. The van der Waals surface area contributed by atoms with Crippen LogP contribution >= 0.6 is 0 Å². The minimum Gasteiger partial charge on any atom is -0.493 e. The molecule has 0 aliphatic carbocycles. The highest BCUT2D eigenvalue weighted by molar-refractivity contribution is 5.81. The van der Waals surface area contributed by atoms with Gasteiger partial charge < -0.3 is 15.2 Å². The molecular formula is C28H29FN2O3. The number of aliphatic carboxylic acids is 1. The van der Waals surface area contributed by atoms with Crippen LogP contribution in [-0.4, -0.2) is 17.7 Å². The SMILES string of the molecule is CCCc1cc(CC)cc([C@@H](Nc2ccc(C#N)cc2)C(=O)O)c1OCCc1ccccc1F. The molecule has 0 radical (unpaired) electrons. The monoisotopic (exact) mass is 460 g/mol. The minimum absolute atomic E-state index is 0.222. The number of nitrogens with one attached hydrogen (secondary N) is 1. The Labute approximate surface area is 199 Å². The Kier molecular flexibility index (Phi) is 8.64. The molecule has 6 heteroatoms. The Bertz CT molecular complexity index is 1170. The highest BCUT2D eigenvalue weighted by Crippen LogP contribution is 2.34. The first-order chi connectivity index (χ1) is 16.5. The number of benzene rings is 3. The topological polar surface area (TPSA) is 82.4 Å². The van der Waals surface area contributed by atoms with E-state index in [0.29, 0.717) is 34.5 Å². The summed E-state index contributed by atoms with van der Waals surface area (Å²) >= 11 is 0. The number of halogens is 1. The van der Waals surface area contributed by atoms with Gasteiger partial charge in [-0.2, -0.15) is 5.26 Å². The number of rotatable bonds is 11. The summed E-state index contributed by atoms with van der Waals surface area (Å²) in [4.78, 5) is 12.4. The molecule has 0 unspecified atom stereocenters. The molecule has 0 saturated carbocycles. The smallest absolute Gasteiger partial charge is 0.330 e. The summed E-state index contributed by atoms with van der Waals surface area (Å²) in [5, 5.41) is 22.2. The molecule has 0 fully saturated rings. The fourth-order valence-corrected chi connectivity index (χ4v) is 3.88. The van der Waals surface area contributed by atoms with Gasteiger partial charge in [0.15, 0.2) is 6.04 Å². The lowest BCUT2D eigenvalue weighted by Crippen LogP contribution is -2.22. The second-order valence-corrected chi connectivity index (χ2v) is 8.07. The summed E-state index contributed by atoms with van der Waals surface area (Å²) in [6, 6.07) is 18.1. The van der Waals surface area contributed by atoms with Crippen molar-refractivity contribution < 1.29 is 19.0 Å². The zero-order valence-electron chi connectivity index (χ0n) is 19.5. The van der Waals surface area contributed by atoms with Crippen LogP contribution < -0.4 is 10.1 Å². The molecule has 3 aromatic rings. The van der Waals surface area contributed by atoms with Gasteiger partial charge in [-0.25, -0.2) is 9.18 Å². The molecule has 2 N–H and O–H groups in total. The molecule has 34 heavy (non-hydrogen) atoms. The van der Waals surface area contributed by atoms with Crippen molar-refractivity contribution >= 4 is 11.7 Å². The van der Waals surface area contributed by atoms with Gasteiger partial charge in [-0.15, -0.1) is 0 Å². The van der Waals surface area contributed by atoms with Gasteiger partial charge in [0, 0.05) is 17.7 Å². The fraction of sp³-hybridized carbons (Fsp3) is 0.286. The highest BCUT2D eigenvalue weighted by atomic mass is 19.1. The lowest BCUT2D eigenvalue weighted by molar-refractivity contribution is -0.138. The fourth-order valence-electron chi connectivity index (χ4n) is 3.88. The lowest BCUT2D eigenvalue weighted by Gasteiger charge is -2.23. The van der Waals surface area contributed by atoms with Crippen molar-refractivity contribution in [2.75, 3.05) is 11.9 Å². The molecule has 5 nitrogen and oxygen atoms in total. The van der Waals surface area contributed by atoms with Gasteiger partial charge in [0.25, 0.3) is 0 Å². The second kappa shape index (κ2) is 11.9. The third-order valence-corrected chi connectivity index (χ3v) is 5.64. The summed E-state index contributed by atoms with van der Waals surface area (Å²) in [6.07, 6.45) is 2.73. The maximum absolute atomic E-state index is 14.1. The number of carboxylic acids is 1. The summed E-state index contributed by atoms with van der Waals surface area (Å²) in [5.74, 6) is -0.796. The largest absolute Gasteiger partial charge is 0.493 e. The number of carbonyl (C=O) groups is 1. The van der Waals surface area contributed by atoms with E-state index in [1.54, 1.807) is 42.5 Å². The quantitative estimate of drug-likeness (QED) is 0.363. The van der Waals surface area contributed by atoms with Crippen molar-refractivity contribution in [2.24, 2.45) is 0 Å². The Morgan fingerprint density at radius 2 is 1.82 bits per heavy atom. The standard InChI is InChI=1S/C28H29FN2O3/c1-3-7-22-16-19(4-2)17-24(27(22)34-15-14-21-8-5-6-9-25(21)29)26(28(32)33)31-23-12-10-20(18-30)11-13-23/h5-6,8-13,16-17,26,31H,3-4,7,14-15H2,1-2H3,(H,32,33)/t26-/m1/s1. The molecular weight excluding hydrogens is 431 g/mol. The predicted molar refractivity (Wildman–Crippen MR) is 131 cm³/mol. The van der Waals surface area contributed by atoms with Crippen molar-refractivity contribution in [1.82, 2.24) is 0 Å². The third-order valence-electron chi connectivity index (χ3n) is 5.64. The van der Waals surface area contributed by atoms with Crippen LogP contribution in [0.15, 0.2) is 60.7 Å². The van der Waals surface area contributed by atoms with Crippen LogP contribution in [0.3, 0.4) is 0 Å². The van der Waals surface area contributed by atoms with Crippen LogP contribution in [0.4, 0.5) is 10.1 Å². The molecule has 0 aliphatic rings. The first-order valence-corrected chi connectivity index (χ1v) is 11.5. The summed E-state index contributed by atoms with van der Waals surface area (Å²) < 4.78 is 20.2. The Morgan fingerprint density at radius 1 is 1.09 bits per heavy atom. The van der Waals surface area contributed by atoms with Gasteiger partial charge in [-0.1, -0.05) is 44.5 Å². The van der Waals surface area contributed by atoms with Gasteiger partial charge >= 0.3 is 5.97 Å². The van der Waals surface area contributed by atoms with E-state index < -0.39 is 12.0 Å². The third kappa shape index (κ3) is 6.14. The molecule has 3 rings (SSSR count). The van der Waals surface area contributed by atoms with E-state index in [1.807, 2.05) is 13.0 Å². The normalized spacial score (nSPS) is 11.5. The van der Waals surface area contributed by atoms with Crippen LogP contribution in [0.5, 0.6) is 5.75 Å². The van der Waals surface area contributed by atoms with Crippen LogP contribution in [0, 0.1) is 17.1 Å². The van der Waals surface area contributed by atoms with E-state index >= 15 is 0 Å². The number of ether oxygens (including phenoxy) is 1. The van der Waals surface area contributed by atoms with Gasteiger partial charge in [0.2, 0.25) is 0 Å². The first-order valence-electron chi connectivity index (χ1n) is 11.5. The van der Waals surface area contributed by atoms with E-state index in [4.69, 9.17) is 10.00 Å². The molecule has 3 aromatic carbocycles. The molecule has 176 valence electrons. The van der Waals surface area contributed by atoms with E-state index in [9.17, 15) is 14.3 Å². The second-order valence-electron chi connectivity index (χ2n) is 8.07. The van der Waals surface area contributed by atoms with E-state index in [-0.39, 0.29) is 12.4 Å². The van der Waals surface area contributed by atoms with Crippen LogP contribution in [0.1, 0.15) is 54.1 Å². The first kappa shape index (κ1) is 24.8. The average molecular weight is 461 g/mol. The van der Waals surface area contributed by atoms with Crippen molar-refractivity contribution in [3.63, 3.8) is 0 Å². The highest BCUT2D eigenvalue weighted by Gasteiger charge is 2.26. The van der Waals surface area contributed by atoms with Gasteiger partial charge in [-0.3, -0.25) is 0 Å². The number of hydrogen-bond donors (Lipinski definition) is 2. The lowest BCUT2D eigenvalue weighted by atomic mass is 9.95. The zero-order chi connectivity index (χ0) is 24.5. The van der Waals surface area contributed by atoms with E-state index in [2.05, 4.69) is 24.4 Å². The summed E-state index contributed by atoms with van der Waals surface area (Å²) in [5.41, 5.74) is 4.13. The molecule has 0 bridgehead atoms. The van der Waals surface area contributed by atoms with E-state index in [1.165, 1.54) is 6.07 Å². The van der Waals surface area contributed by atoms with Crippen LogP contribution in [0.2, 0.25) is 0 Å². The molecule has 0 heterocycles. The van der Waals surface area contributed by atoms with Crippen LogP contribution in [0.25, 0.3) is 0 Å². The van der Waals surface area contributed by atoms with Crippen molar-refractivity contribution in [3.8, 4) is 11.8 Å². The van der Waals surface area contributed by atoms with Crippen molar-refractivity contribution in [2.45, 2.75) is 45.6 Å². The molecule has 0 amide bonds. The number of hydrogen-bond acceptors (Lipinski definition) is 4. The van der Waals surface area contributed by atoms with E-state index in [0.717, 1.165) is 30.4 Å². The maximum Gasteiger partial charge on any atom is 0.330 e. The Balaban J connectivity index is 1.97. The molecule has 0 spiro atoms. The maximum atomic E-state index is 14.1. The number of nitrogens with zero attached hydrogens (tertiary/aromatic N) is 1. The average Bonchev–Trinajstić information content (AvgIpc) is 2.84. The Morgan fingerprint density at radius 3 is 2.44 bits per heavy atom. The number of carboxylic acid groups (broad SMARTS) is 1. The van der Waals surface area contributed by atoms with Crippen LogP contribution in [-0.2, 0) is 24.1 Å². The van der Waals surface area contributed by atoms with Gasteiger partial charge in [0.1, 0.15) is 11.6 Å². The Hall–Kier alpha value is -3.85. The van der Waals surface area contributed by atoms with Gasteiger partial charge in [0.05, 0.1) is 18.2 Å². The van der Waals surface area contributed by atoms with Gasteiger partial charge in [-0.05, 0) is 65.9 Å². The molecule has 0 saturated heterocycles. The summed E-state index contributed by atoms with van der Waals surface area (Å²) in [7, 11) is 0. The predicted octanol–water partition coefficient (Wildman–Crippen LogP) is 6.07. The number of aryl methyl sites for hydroxylation is 2. The van der Waals surface area contributed by atoms with Crippen molar-refractivity contribution in [1.29, 1.82) is 5.26 Å². The minimum atomic E-state index is -1.06. The summed E-state index contributed by atoms with van der Waals surface area (Å²) in [6.45, 7) is 4.31. The number of anilines is 1. The molecule has 0 aliphatic heterocycles.